The molecule has 1 heterocycles. The molecule has 0 aliphatic heterocycles. The van der Waals surface area contributed by atoms with Gasteiger partial charge in [0.15, 0.2) is 0 Å². The van der Waals surface area contributed by atoms with Crippen LogP contribution in [0.25, 0.3) is 0 Å². The van der Waals surface area contributed by atoms with Crippen LogP contribution in [0.2, 0.25) is 0 Å². The van der Waals surface area contributed by atoms with Gasteiger partial charge in [-0.3, -0.25) is 4.31 Å². The van der Waals surface area contributed by atoms with Crippen molar-refractivity contribution in [2.24, 2.45) is 0 Å². The Bertz CT molecular complexity index is 691. The minimum absolute atomic E-state index is 0.386. The Morgan fingerprint density at radius 3 is 2.43 bits per heavy atom. The normalized spacial score (nSPS) is 11.6. The van der Waals surface area contributed by atoms with E-state index in [1.165, 1.54) is 15.6 Å². The Morgan fingerprint density at radius 2 is 1.81 bits per heavy atom. The average Bonchev–Trinajstić information content (AvgIpc) is 2.94. The van der Waals surface area contributed by atoms with Crippen molar-refractivity contribution in [2.45, 2.75) is 17.6 Å². The lowest BCUT2D eigenvalue weighted by molar-refractivity contribution is 0.596. The van der Waals surface area contributed by atoms with Crippen molar-refractivity contribution in [1.82, 2.24) is 5.32 Å². The van der Waals surface area contributed by atoms with Gasteiger partial charge in [-0.1, -0.05) is 17.7 Å². The largest absolute Gasteiger partial charge is 0.319 e. The van der Waals surface area contributed by atoms with Crippen molar-refractivity contribution in [3.63, 3.8) is 0 Å². The zero-order valence-electron chi connectivity index (χ0n) is 12.5. The molecule has 0 unspecified atom stereocenters. The molecule has 0 aliphatic rings. The first-order valence-corrected chi connectivity index (χ1v) is 8.99. The number of rotatable bonds is 6. The van der Waals surface area contributed by atoms with Gasteiger partial charge in [0.25, 0.3) is 10.0 Å². The first kappa shape index (κ1) is 16.0. The molecule has 1 N–H and O–H groups in total. The molecular formula is C15H20N2O2S2. The molecule has 0 radical (unpaired) electrons. The van der Waals surface area contributed by atoms with Gasteiger partial charge in [0.05, 0.1) is 5.69 Å². The summed E-state index contributed by atoms with van der Waals surface area (Å²) in [6.07, 6.45) is 0.838. The van der Waals surface area contributed by atoms with Gasteiger partial charge >= 0.3 is 0 Å². The van der Waals surface area contributed by atoms with Gasteiger partial charge in [-0.15, -0.1) is 11.3 Å². The summed E-state index contributed by atoms with van der Waals surface area (Å²) >= 11 is 1.34. The second-order valence-electron chi connectivity index (χ2n) is 4.88. The number of aryl methyl sites for hydroxylation is 1. The summed E-state index contributed by atoms with van der Waals surface area (Å²) in [5, 5.41) is 3.06. The highest BCUT2D eigenvalue weighted by molar-refractivity contribution is 7.94. The lowest BCUT2D eigenvalue weighted by atomic mass is 10.2. The highest BCUT2D eigenvalue weighted by Gasteiger charge is 2.23. The molecule has 0 fully saturated rings. The summed E-state index contributed by atoms with van der Waals surface area (Å²) in [6.45, 7) is 2.82. The molecule has 0 saturated carbocycles. The Balaban J connectivity index is 2.24. The molecule has 0 spiro atoms. The number of nitrogens with one attached hydrogen (secondary N) is 1. The molecule has 0 atom stereocenters. The van der Waals surface area contributed by atoms with Gasteiger partial charge in [0.1, 0.15) is 4.21 Å². The zero-order valence-corrected chi connectivity index (χ0v) is 14.1. The first-order valence-electron chi connectivity index (χ1n) is 6.74. The Hall–Kier alpha value is -1.37. The molecule has 4 nitrogen and oxygen atoms in total. The number of hydrogen-bond donors (Lipinski definition) is 1. The topological polar surface area (TPSA) is 49.4 Å². The first-order chi connectivity index (χ1) is 9.95. The zero-order chi connectivity index (χ0) is 15.5. The van der Waals surface area contributed by atoms with Crippen LogP contribution in [0.5, 0.6) is 0 Å². The number of likely N-dealkylation sites (N-methyl/N-ethyl adjacent to an activating group) is 1. The SMILES string of the molecule is CNCCc1ccc(S(=O)(=O)N(C)c2ccc(C)cc2)s1. The second kappa shape index (κ2) is 6.60. The standard InChI is InChI=1S/C15H20N2O2S2/c1-12-4-6-13(7-5-12)17(3)21(18,19)15-9-8-14(20-15)10-11-16-2/h4-9,16H,10-11H2,1-3H3. The van der Waals surface area contributed by atoms with Crippen molar-refractivity contribution >= 4 is 27.0 Å². The third-order valence-electron chi connectivity index (χ3n) is 3.27. The molecule has 21 heavy (non-hydrogen) atoms. The Kier molecular flexibility index (Phi) is 5.03. The third-order valence-corrected chi connectivity index (χ3v) is 6.67. The van der Waals surface area contributed by atoms with Gasteiger partial charge in [-0.25, -0.2) is 8.42 Å². The molecule has 1 aromatic heterocycles. The fourth-order valence-electron chi connectivity index (χ4n) is 1.91. The van der Waals surface area contributed by atoms with Crippen LogP contribution in [0.4, 0.5) is 5.69 Å². The van der Waals surface area contributed by atoms with E-state index in [-0.39, 0.29) is 0 Å². The molecule has 0 bridgehead atoms. The third kappa shape index (κ3) is 3.64. The van der Waals surface area contributed by atoms with Crippen molar-refractivity contribution in [3.05, 3.63) is 46.8 Å². The van der Waals surface area contributed by atoms with Crippen LogP contribution >= 0.6 is 11.3 Å². The van der Waals surface area contributed by atoms with E-state index in [1.54, 1.807) is 13.1 Å². The van der Waals surface area contributed by atoms with Crippen LogP contribution in [0.1, 0.15) is 10.4 Å². The van der Waals surface area contributed by atoms with E-state index in [9.17, 15) is 8.42 Å². The maximum absolute atomic E-state index is 12.6. The maximum Gasteiger partial charge on any atom is 0.273 e. The number of hydrogen-bond acceptors (Lipinski definition) is 4. The number of thiophene rings is 1. The summed E-state index contributed by atoms with van der Waals surface area (Å²) in [4.78, 5) is 1.07. The van der Waals surface area contributed by atoms with Gasteiger partial charge in [0, 0.05) is 11.9 Å². The van der Waals surface area contributed by atoms with Crippen LogP contribution in [0, 0.1) is 6.92 Å². The highest BCUT2D eigenvalue weighted by Crippen LogP contribution is 2.27. The van der Waals surface area contributed by atoms with E-state index in [1.807, 2.05) is 44.3 Å². The van der Waals surface area contributed by atoms with Gasteiger partial charge in [-0.2, -0.15) is 0 Å². The summed E-state index contributed by atoms with van der Waals surface area (Å²) in [7, 11) is -0.00203. The Morgan fingerprint density at radius 1 is 1.14 bits per heavy atom. The Labute approximate surface area is 130 Å². The lowest BCUT2D eigenvalue weighted by Crippen LogP contribution is -2.25. The fourth-order valence-corrected chi connectivity index (χ4v) is 4.63. The minimum atomic E-state index is -3.48. The van der Waals surface area contributed by atoms with E-state index in [2.05, 4.69) is 5.32 Å². The van der Waals surface area contributed by atoms with E-state index in [0.717, 1.165) is 23.4 Å². The molecule has 0 saturated heterocycles. The predicted molar refractivity (Wildman–Crippen MR) is 88.7 cm³/mol. The molecule has 0 aliphatic carbocycles. The number of sulfonamides is 1. The van der Waals surface area contributed by atoms with Gasteiger partial charge in [-0.05, 0) is 51.2 Å². The quantitative estimate of drug-likeness (QED) is 0.889. The maximum atomic E-state index is 12.6. The van der Waals surface area contributed by atoms with Crippen LogP contribution in [0.3, 0.4) is 0 Å². The van der Waals surface area contributed by atoms with Gasteiger partial charge in [0.2, 0.25) is 0 Å². The van der Waals surface area contributed by atoms with E-state index in [0.29, 0.717) is 9.90 Å². The predicted octanol–water partition coefficient (Wildman–Crippen LogP) is 2.64. The number of nitrogens with zero attached hydrogens (tertiary/aromatic N) is 1. The van der Waals surface area contributed by atoms with Gasteiger partial charge < -0.3 is 5.32 Å². The fraction of sp³-hybridized carbons (Fsp3) is 0.333. The molecule has 6 heteroatoms. The minimum Gasteiger partial charge on any atom is -0.319 e. The summed E-state index contributed by atoms with van der Waals surface area (Å²) in [5.74, 6) is 0. The average molecular weight is 324 g/mol. The van der Waals surface area contributed by atoms with Crippen molar-refractivity contribution in [3.8, 4) is 0 Å². The van der Waals surface area contributed by atoms with Crippen molar-refractivity contribution < 1.29 is 8.42 Å². The molecule has 0 amide bonds. The summed E-state index contributed by atoms with van der Waals surface area (Å²) < 4.78 is 27.0. The van der Waals surface area contributed by atoms with E-state index >= 15 is 0 Å². The summed E-state index contributed by atoms with van der Waals surface area (Å²) in [5.41, 5.74) is 1.78. The van der Waals surface area contributed by atoms with Crippen LogP contribution in [-0.4, -0.2) is 29.1 Å². The highest BCUT2D eigenvalue weighted by atomic mass is 32.2. The molecule has 114 valence electrons. The molecule has 1 aromatic carbocycles. The van der Waals surface area contributed by atoms with Crippen molar-refractivity contribution in [1.29, 1.82) is 0 Å². The molecule has 2 rings (SSSR count). The molecular weight excluding hydrogens is 304 g/mol. The van der Waals surface area contributed by atoms with Crippen LogP contribution in [0.15, 0.2) is 40.6 Å². The van der Waals surface area contributed by atoms with Crippen LogP contribution in [-0.2, 0) is 16.4 Å². The smallest absolute Gasteiger partial charge is 0.273 e. The lowest BCUT2D eigenvalue weighted by Gasteiger charge is -2.18. The van der Waals surface area contributed by atoms with Crippen LogP contribution < -0.4 is 9.62 Å². The van der Waals surface area contributed by atoms with Crippen molar-refractivity contribution in [2.75, 3.05) is 24.9 Å². The van der Waals surface area contributed by atoms with E-state index < -0.39 is 10.0 Å². The summed E-state index contributed by atoms with van der Waals surface area (Å²) in [6, 6.07) is 11.0. The second-order valence-corrected chi connectivity index (χ2v) is 8.25. The van der Waals surface area contributed by atoms with E-state index in [4.69, 9.17) is 0 Å². The number of benzene rings is 1. The monoisotopic (exact) mass is 324 g/mol. The molecule has 2 aromatic rings. The number of anilines is 1.